The molecule has 0 spiro atoms. The second-order valence-corrected chi connectivity index (χ2v) is 13.1. The van der Waals surface area contributed by atoms with Crippen molar-refractivity contribution in [2.75, 3.05) is 50.2 Å². The lowest BCUT2D eigenvalue weighted by molar-refractivity contribution is -0.133. The van der Waals surface area contributed by atoms with Gasteiger partial charge < -0.3 is 9.64 Å². The summed E-state index contributed by atoms with van der Waals surface area (Å²) in [5.41, 5.74) is 3.21. The van der Waals surface area contributed by atoms with Crippen LogP contribution in [0.1, 0.15) is 24.0 Å². The van der Waals surface area contributed by atoms with Crippen molar-refractivity contribution < 1.29 is 22.3 Å². The van der Waals surface area contributed by atoms with Gasteiger partial charge in [0.2, 0.25) is 5.91 Å². The number of ether oxygens (including phenoxy) is 1. The zero-order valence-electron chi connectivity index (χ0n) is 21.1. The van der Waals surface area contributed by atoms with Crippen molar-refractivity contribution in [3.63, 3.8) is 0 Å². The highest BCUT2D eigenvalue weighted by atomic mass is 127. The Morgan fingerprint density at radius 1 is 1.11 bits per heavy atom. The minimum atomic E-state index is -3.66. The Morgan fingerprint density at radius 2 is 1.82 bits per heavy atom. The average molecular weight is 655 g/mol. The van der Waals surface area contributed by atoms with Crippen molar-refractivity contribution in [1.82, 2.24) is 9.80 Å². The van der Waals surface area contributed by atoms with Crippen molar-refractivity contribution in [2.24, 2.45) is 5.84 Å². The minimum absolute atomic E-state index is 0.144. The zero-order valence-corrected chi connectivity index (χ0v) is 24.0. The Hall–Kier alpha value is -2.06. The summed E-state index contributed by atoms with van der Waals surface area (Å²) in [5, 5.41) is 1.51. The lowest BCUT2D eigenvalue weighted by Gasteiger charge is -2.34. The summed E-state index contributed by atoms with van der Waals surface area (Å²) in [7, 11) is -3.66. The number of morpholine rings is 1. The van der Waals surface area contributed by atoms with E-state index < -0.39 is 19.9 Å². The van der Waals surface area contributed by atoms with Crippen LogP contribution in [-0.2, 0) is 25.9 Å². The predicted molar refractivity (Wildman–Crippen MR) is 153 cm³/mol. The molecule has 3 aliphatic heterocycles. The molecule has 3 heterocycles. The molecule has 0 aromatic heterocycles. The Kier molecular flexibility index (Phi) is 8.39. The number of halogens is 2. The number of piperidine rings is 1. The fraction of sp³-hybridized carbons (Fsp3) is 0.444. The highest BCUT2D eigenvalue weighted by molar-refractivity contribution is 14.1. The number of carbonyl (C=O) groups is 1. The first kappa shape index (κ1) is 27.5. The van der Waals surface area contributed by atoms with Crippen molar-refractivity contribution >= 4 is 49.7 Å². The van der Waals surface area contributed by atoms with Crippen LogP contribution in [0.15, 0.2) is 59.0 Å². The number of hydrogen-bond acceptors (Lipinski definition) is 7. The topological polar surface area (TPSA) is 96.2 Å². The molecule has 38 heavy (non-hydrogen) atoms. The molecule has 0 aliphatic carbocycles. The van der Waals surface area contributed by atoms with Gasteiger partial charge in [-0.1, -0.05) is 52.9 Å². The highest BCUT2D eigenvalue weighted by Crippen LogP contribution is 2.39. The van der Waals surface area contributed by atoms with E-state index in [0.717, 1.165) is 5.56 Å². The van der Waals surface area contributed by atoms with Gasteiger partial charge in [0, 0.05) is 38.3 Å². The Labute approximate surface area is 236 Å². The molecule has 11 heteroatoms. The third kappa shape index (κ3) is 5.76. The van der Waals surface area contributed by atoms with Gasteiger partial charge in [-0.15, -0.1) is 0 Å². The van der Waals surface area contributed by atoms with E-state index in [4.69, 9.17) is 10.6 Å². The van der Waals surface area contributed by atoms with Crippen LogP contribution in [0.5, 0.6) is 0 Å². The summed E-state index contributed by atoms with van der Waals surface area (Å²) in [6.07, 6.45) is 0.350. The van der Waals surface area contributed by atoms with Crippen LogP contribution in [0.2, 0.25) is 0 Å². The number of amides is 1. The van der Waals surface area contributed by atoms with Crippen molar-refractivity contribution in [1.29, 1.82) is 0 Å². The first-order valence-electron chi connectivity index (χ1n) is 12.8. The van der Waals surface area contributed by atoms with E-state index in [1.807, 2.05) is 46.9 Å². The molecule has 3 aliphatic rings. The van der Waals surface area contributed by atoms with Crippen LogP contribution in [0.3, 0.4) is 0 Å². The SMILES string of the molecule is NN(C1=C(C(I)C(=O)N2CCOCC2)CS(=O)(=O)c2ccccc21)c1cccc(CN2CCC(F)CC2)c1. The molecule has 2 aromatic carbocycles. The number of alkyl halides is 2. The smallest absolute Gasteiger partial charge is 0.239 e. The second kappa shape index (κ2) is 11.6. The molecule has 0 radical (unpaired) electrons. The molecule has 0 saturated carbocycles. The van der Waals surface area contributed by atoms with Crippen molar-refractivity contribution in [3.05, 3.63) is 65.2 Å². The van der Waals surface area contributed by atoms with Crippen molar-refractivity contribution in [2.45, 2.75) is 34.4 Å². The van der Waals surface area contributed by atoms with Crippen LogP contribution < -0.4 is 10.9 Å². The van der Waals surface area contributed by atoms with Gasteiger partial charge in [0.1, 0.15) is 10.1 Å². The number of benzene rings is 2. The van der Waals surface area contributed by atoms with Gasteiger partial charge in [-0.3, -0.25) is 14.7 Å². The third-order valence-corrected chi connectivity index (χ3v) is 10.3. The van der Waals surface area contributed by atoms with E-state index in [1.165, 1.54) is 5.01 Å². The molecule has 8 nitrogen and oxygen atoms in total. The minimum Gasteiger partial charge on any atom is -0.378 e. The lowest BCUT2D eigenvalue weighted by atomic mass is 10.0. The maximum absolute atomic E-state index is 13.6. The number of nitrogens with two attached hydrogens (primary N) is 1. The van der Waals surface area contributed by atoms with Gasteiger partial charge in [0.05, 0.1) is 35.2 Å². The molecule has 2 N–H and O–H groups in total. The van der Waals surface area contributed by atoms with Crippen LogP contribution in [0.4, 0.5) is 10.1 Å². The van der Waals surface area contributed by atoms with E-state index in [-0.39, 0.29) is 16.6 Å². The predicted octanol–water partition coefficient (Wildman–Crippen LogP) is 3.16. The van der Waals surface area contributed by atoms with Gasteiger partial charge in [-0.25, -0.2) is 18.7 Å². The van der Waals surface area contributed by atoms with E-state index >= 15 is 0 Å². The summed E-state index contributed by atoms with van der Waals surface area (Å²) < 4.78 is 44.9. The largest absolute Gasteiger partial charge is 0.378 e. The number of nitrogens with zero attached hydrogens (tertiary/aromatic N) is 3. The number of anilines is 1. The highest BCUT2D eigenvalue weighted by Gasteiger charge is 2.38. The van der Waals surface area contributed by atoms with E-state index in [0.29, 0.717) is 81.3 Å². The number of carbonyl (C=O) groups excluding carboxylic acids is 1. The monoisotopic (exact) mass is 654 g/mol. The Morgan fingerprint density at radius 3 is 2.55 bits per heavy atom. The van der Waals surface area contributed by atoms with Gasteiger partial charge in [0.25, 0.3) is 0 Å². The lowest BCUT2D eigenvalue weighted by Crippen LogP contribution is -2.46. The normalized spacial score (nSPS) is 21.2. The van der Waals surface area contributed by atoms with Crippen LogP contribution in [0.25, 0.3) is 5.70 Å². The number of hydrazine groups is 1. The van der Waals surface area contributed by atoms with Gasteiger partial charge in [-0.2, -0.15) is 0 Å². The number of likely N-dealkylation sites (tertiary alicyclic amines) is 1. The number of fused-ring (bicyclic) bond motifs is 1. The van der Waals surface area contributed by atoms with Crippen LogP contribution >= 0.6 is 22.6 Å². The maximum Gasteiger partial charge on any atom is 0.239 e. The van der Waals surface area contributed by atoms with Gasteiger partial charge >= 0.3 is 0 Å². The second-order valence-electron chi connectivity index (χ2n) is 9.92. The van der Waals surface area contributed by atoms with Crippen LogP contribution in [-0.4, -0.2) is 79.4 Å². The number of sulfone groups is 1. The molecule has 1 unspecified atom stereocenters. The standard InChI is InChI=1S/C27H32FIN4O4S/c28-20-8-10-31(11-9-20)17-19-4-3-5-21(16-19)33(30)26-22-6-1-2-7-24(22)38(35,36)18-23(26)25(29)27(34)32-12-14-37-15-13-32/h1-7,16,20,25H,8-15,17-18,30H2. The fourth-order valence-electron chi connectivity index (χ4n) is 5.28. The quantitative estimate of drug-likeness (QED) is 0.222. The van der Waals surface area contributed by atoms with Crippen LogP contribution in [0, 0.1) is 0 Å². The summed E-state index contributed by atoms with van der Waals surface area (Å²) in [4.78, 5) is 17.6. The third-order valence-electron chi connectivity index (χ3n) is 7.33. The van der Waals surface area contributed by atoms with E-state index in [1.54, 1.807) is 29.2 Å². The number of hydrogen-bond donors (Lipinski definition) is 1. The summed E-state index contributed by atoms with van der Waals surface area (Å²) in [6.45, 7) is 3.95. The fourth-order valence-corrected chi connectivity index (χ4v) is 8.14. The number of rotatable bonds is 6. The maximum atomic E-state index is 13.6. The zero-order chi connectivity index (χ0) is 26.9. The van der Waals surface area contributed by atoms with E-state index in [2.05, 4.69) is 4.90 Å². The molecule has 204 valence electrons. The molecule has 2 aromatic rings. The molecular formula is C27H32FIN4O4S. The van der Waals surface area contributed by atoms with Crippen molar-refractivity contribution in [3.8, 4) is 0 Å². The first-order chi connectivity index (χ1) is 18.2. The van der Waals surface area contributed by atoms with E-state index in [9.17, 15) is 17.6 Å². The summed E-state index contributed by atoms with van der Waals surface area (Å²) in [6, 6.07) is 14.6. The molecule has 1 atom stereocenters. The average Bonchev–Trinajstić information content (AvgIpc) is 2.93. The molecule has 2 fully saturated rings. The molecular weight excluding hydrogens is 622 g/mol. The molecule has 1 amide bonds. The van der Waals surface area contributed by atoms with Gasteiger partial charge in [0.15, 0.2) is 9.84 Å². The Balaban J connectivity index is 1.52. The molecule has 5 rings (SSSR count). The molecule has 2 saturated heterocycles. The summed E-state index contributed by atoms with van der Waals surface area (Å²) in [5.74, 6) is 6.34. The Bertz CT molecular complexity index is 1320. The summed E-state index contributed by atoms with van der Waals surface area (Å²) >= 11 is 2.04. The first-order valence-corrected chi connectivity index (χ1v) is 15.7. The van der Waals surface area contributed by atoms with Gasteiger partial charge in [-0.05, 0) is 42.2 Å². The molecule has 0 bridgehead atoms.